The SMILES string of the molecule is NC1(CCc2ccccc2)CCCCCCCCC1. The third-order valence-electron chi connectivity index (χ3n) is 4.60. The molecule has 0 bridgehead atoms. The molecule has 19 heavy (non-hydrogen) atoms. The fourth-order valence-electron chi connectivity index (χ4n) is 3.25. The van der Waals surface area contributed by atoms with Crippen molar-refractivity contribution in [2.24, 2.45) is 5.73 Å². The predicted octanol–water partition coefficient (Wildman–Crippen LogP) is 4.84. The van der Waals surface area contributed by atoms with E-state index in [0.717, 1.165) is 12.8 Å². The van der Waals surface area contributed by atoms with Gasteiger partial charge in [-0.2, -0.15) is 0 Å². The van der Waals surface area contributed by atoms with Crippen LogP contribution in [-0.4, -0.2) is 5.54 Å². The fourth-order valence-corrected chi connectivity index (χ4v) is 3.25. The van der Waals surface area contributed by atoms with Gasteiger partial charge < -0.3 is 5.73 Å². The summed E-state index contributed by atoms with van der Waals surface area (Å²) in [5.41, 5.74) is 8.22. The molecule has 0 aromatic heterocycles. The van der Waals surface area contributed by atoms with Crippen LogP contribution in [0.25, 0.3) is 0 Å². The molecule has 0 saturated heterocycles. The van der Waals surface area contributed by atoms with Gasteiger partial charge in [-0.05, 0) is 31.2 Å². The molecular weight excluding hydrogens is 230 g/mol. The Labute approximate surface area is 118 Å². The minimum Gasteiger partial charge on any atom is -0.325 e. The lowest BCUT2D eigenvalue weighted by Crippen LogP contribution is -2.40. The van der Waals surface area contributed by atoms with Crippen LogP contribution < -0.4 is 5.73 Å². The molecule has 1 fully saturated rings. The van der Waals surface area contributed by atoms with Crippen molar-refractivity contribution in [1.82, 2.24) is 0 Å². The monoisotopic (exact) mass is 259 g/mol. The Morgan fingerprint density at radius 1 is 0.789 bits per heavy atom. The van der Waals surface area contributed by atoms with E-state index in [-0.39, 0.29) is 5.54 Å². The average molecular weight is 259 g/mol. The van der Waals surface area contributed by atoms with E-state index in [1.54, 1.807) is 0 Å². The van der Waals surface area contributed by atoms with Gasteiger partial charge in [-0.25, -0.2) is 0 Å². The quantitative estimate of drug-likeness (QED) is 0.825. The van der Waals surface area contributed by atoms with Crippen molar-refractivity contribution in [3.8, 4) is 0 Å². The van der Waals surface area contributed by atoms with E-state index in [2.05, 4.69) is 30.3 Å². The minimum atomic E-state index is 0.0905. The largest absolute Gasteiger partial charge is 0.325 e. The number of hydrogen-bond acceptors (Lipinski definition) is 1. The third kappa shape index (κ3) is 5.36. The predicted molar refractivity (Wildman–Crippen MR) is 83.2 cm³/mol. The van der Waals surface area contributed by atoms with Crippen molar-refractivity contribution < 1.29 is 0 Å². The van der Waals surface area contributed by atoms with E-state index in [9.17, 15) is 0 Å². The maximum atomic E-state index is 6.70. The molecule has 1 saturated carbocycles. The van der Waals surface area contributed by atoms with Gasteiger partial charge in [0.15, 0.2) is 0 Å². The first-order valence-electron chi connectivity index (χ1n) is 8.11. The maximum Gasteiger partial charge on any atom is 0.0157 e. The minimum absolute atomic E-state index is 0.0905. The molecule has 1 heteroatoms. The number of rotatable bonds is 3. The summed E-state index contributed by atoms with van der Waals surface area (Å²) in [6, 6.07) is 10.8. The van der Waals surface area contributed by atoms with Gasteiger partial charge in [0.2, 0.25) is 0 Å². The first-order chi connectivity index (χ1) is 9.29. The molecule has 0 aliphatic heterocycles. The zero-order chi connectivity index (χ0) is 13.4. The second-order valence-corrected chi connectivity index (χ2v) is 6.32. The molecule has 106 valence electrons. The Morgan fingerprint density at radius 3 is 1.89 bits per heavy atom. The van der Waals surface area contributed by atoms with Crippen molar-refractivity contribution in [2.45, 2.75) is 76.2 Å². The molecule has 0 atom stereocenters. The van der Waals surface area contributed by atoms with E-state index >= 15 is 0 Å². The van der Waals surface area contributed by atoms with E-state index in [1.807, 2.05) is 0 Å². The first kappa shape index (κ1) is 14.6. The van der Waals surface area contributed by atoms with Gasteiger partial charge in [-0.15, -0.1) is 0 Å². The lowest BCUT2D eigenvalue weighted by Gasteiger charge is -2.31. The third-order valence-corrected chi connectivity index (χ3v) is 4.60. The van der Waals surface area contributed by atoms with Gasteiger partial charge in [-0.3, -0.25) is 0 Å². The standard InChI is InChI=1S/C18H29N/c19-18(16-13-17-11-7-6-8-12-17)14-9-4-2-1-3-5-10-15-18/h6-8,11-12H,1-5,9-10,13-16,19H2. The Bertz CT molecular complexity index is 334. The van der Waals surface area contributed by atoms with Crippen LogP contribution in [-0.2, 0) is 6.42 Å². The van der Waals surface area contributed by atoms with E-state index < -0.39 is 0 Å². The highest BCUT2D eigenvalue weighted by Gasteiger charge is 2.24. The highest BCUT2D eigenvalue weighted by molar-refractivity contribution is 5.15. The van der Waals surface area contributed by atoms with Gasteiger partial charge in [0.1, 0.15) is 0 Å². The summed E-state index contributed by atoms with van der Waals surface area (Å²) in [6.45, 7) is 0. The number of nitrogens with two attached hydrogens (primary N) is 1. The topological polar surface area (TPSA) is 26.0 Å². The van der Waals surface area contributed by atoms with Gasteiger partial charge in [0, 0.05) is 5.54 Å². The molecule has 1 aromatic rings. The summed E-state index contributed by atoms with van der Waals surface area (Å²) in [4.78, 5) is 0. The summed E-state index contributed by atoms with van der Waals surface area (Å²) in [6.07, 6.45) is 14.4. The smallest absolute Gasteiger partial charge is 0.0157 e. The molecule has 0 spiro atoms. The Morgan fingerprint density at radius 2 is 1.32 bits per heavy atom. The summed E-state index contributed by atoms with van der Waals surface area (Å²) in [5.74, 6) is 0. The lowest BCUT2D eigenvalue weighted by atomic mass is 9.81. The molecule has 0 amide bonds. The normalized spacial score (nSPS) is 20.9. The van der Waals surface area contributed by atoms with Gasteiger partial charge >= 0.3 is 0 Å². The number of benzene rings is 1. The van der Waals surface area contributed by atoms with Crippen LogP contribution in [0.2, 0.25) is 0 Å². The van der Waals surface area contributed by atoms with Crippen LogP contribution in [0.5, 0.6) is 0 Å². The van der Waals surface area contributed by atoms with E-state index in [4.69, 9.17) is 5.73 Å². The summed E-state index contributed by atoms with van der Waals surface area (Å²) < 4.78 is 0. The first-order valence-corrected chi connectivity index (χ1v) is 8.11. The van der Waals surface area contributed by atoms with Crippen molar-refractivity contribution in [1.29, 1.82) is 0 Å². The molecule has 0 heterocycles. The van der Waals surface area contributed by atoms with Crippen LogP contribution in [0.4, 0.5) is 0 Å². The van der Waals surface area contributed by atoms with E-state index in [0.29, 0.717) is 0 Å². The molecule has 1 nitrogen and oxygen atoms in total. The maximum absolute atomic E-state index is 6.70. The molecule has 2 N–H and O–H groups in total. The molecule has 1 aliphatic rings. The molecule has 0 radical (unpaired) electrons. The second kappa shape index (κ2) is 7.69. The van der Waals surface area contributed by atoms with Crippen molar-refractivity contribution in [2.75, 3.05) is 0 Å². The summed E-state index contributed by atoms with van der Waals surface area (Å²) in [5, 5.41) is 0. The lowest BCUT2D eigenvalue weighted by molar-refractivity contribution is 0.306. The Hall–Kier alpha value is -0.820. The van der Waals surface area contributed by atoms with E-state index in [1.165, 1.54) is 63.4 Å². The Balaban J connectivity index is 1.86. The molecule has 2 rings (SSSR count). The molecule has 0 unspecified atom stereocenters. The van der Waals surface area contributed by atoms with Crippen LogP contribution >= 0.6 is 0 Å². The van der Waals surface area contributed by atoms with Gasteiger partial charge in [0.25, 0.3) is 0 Å². The van der Waals surface area contributed by atoms with Crippen molar-refractivity contribution in [3.05, 3.63) is 35.9 Å². The van der Waals surface area contributed by atoms with Gasteiger partial charge in [-0.1, -0.05) is 75.3 Å². The Kier molecular flexibility index (Phi) is 5.91. The highest BCUT2D eigenvalue weighted by Crippen LogP contribution is 2.27. The highest BCUT2D eigenvalue weighted by atomic mass is 14.7. The zero-order valence-electron chi connectivity index (χ0n) is 12.2. The van der Waals surface area contributed by atoms with Crippen LogP contribution in [0, 0.1) is 0 Å². The molecule has 1 aromatic carbocycles. The molecule has 1 aliphatic carbocycles. The number of aryl methyl sites for hydroxylation is 1. The second-order valence-electron chi connectivity index (χ2n) is 6.32. The van der Waals surface area contributed by atoms with Crippen LogP contribution in [0.3, 0.4) is 0 Å². The van der Waals surface area contributed by atoms with Crippen LogP contribution in [0.15, 0.2) is 30.3 Å². The summed E-state index contributed by atoms with van der Waals surface area (Å²) in [7, 11) is 0. The fraction of sp³-hybridized carbons (Fsp3) is 0.667. The summed E-state index contributed by atoms with van der Waals surface area (Å²) >= 11 is 0. The van der Waals surface area contributed by atoms with Gasteiger partial charge in [0.05, 0.1) is 0 Å². The van der Waals surface area contributed by atoms with Crippen LogP contribution in [0.1, 0.15) is 69.8 Å². The van der Waals surface area contributed by atoms with Crippen molar-refractivity contribution >= 4 is 0 Å². The zero-order valence-corrected chi connectivity index (χ0v) is 12.2. The number of hydrogen-bond donors (Lipinski definition) is 1. The molecular formula is C18H29N. The van der Waals surface area contributed by atoms with Crippen molar-refractivity contribution in [3.63, 3.8) is 0 Å². The average Bonchev–Trinajstić information content (AvgIpc) is 2.45.